The molecule has 0 bridgehead atoms. The normalized spacial score (nSPS) is 10.5. The Morgan fingerprint density at radius 2 is 1.86 bits per heavy atom. The van der Waals surface area contributed by atoms with Crippen LogP contribution in [0.15, 0.2) is 47.8 Å². The second-order valence-electron chi connectivity index (χ2n) is 6.03. The number of imide groups is 1. The van der Waals surface area contributed by atoms with Gasteiger partial charge in [0.25, 0.3) is 11.8 Å². The molecule has 0 saturated heterocycles. The molecule has 0 saturated carbocycles. The molecule has 0 radical (unpaired) electrons. The van der Waals surface area contributed by atoms with Crippen molar-refractivity contribution in [2.75, 3.05) is 6.61 Å². The molecule has 0 unspecified atom stereocenters. The number of halogens is 1. The second-order valence-corrected chi connectivity index (χ2v) is 6.98. The molecular weight excluding hydrogens is 383 g/mol. The summed E-state index contributed by atoms with van der Waals surface area (Å²) in [4.78, 5) is 36.4. The van der Waals surface area contributed by atoms with Crippen molar-refractivity contribution < 1.29 is 23.5 Å². The highest BCUT2D eigenvalue weighted by atomic mass is 32.1. The third-order valence-corrected chi connectivity index (χ3v) is 4.94. The Hall–Kier alpha value is -3.26. The highest BCUT2D eigenvalue weighted by Gasteiger charge is 2.20. The number of carbonyl (C=O) groups excluding carboxylic acids is 3. The summed E-state index contributed by atoms with van der Waals surface area (Å²) in [7, 11) is 0. The van der Waals surface area contributed by atoms with E-state index in [1.54, 1.807) is 54.1 Å². The zero-order chi connectivity index (χ0) is 20.3. The Labute approximate surface area is 164 Å². The van der Waals surface area contributed by atoms with E-state index in [4.69, 9.17) is 4.74 Å². The molecule has 1 aromatic carbocycles. The summed E-state index contributed by atoms with van der Waals surface area (Å²) in [6, 6.07) is 10.8. The number of hydrogen-bond donors (Lipinski definition) is 1. The fourth-order valence-corrected chi connectivity index (χ4v) is 3.42. The van der Waals surface area contributed by atoms with E-state index in [9.17, 15) is 18.8 Å². The van der Waals surface area contributed by atoms with Crippen LogP contribution in [0.5, 0.6) is 0 Å². The lowest BCUT2D eigenvalue weighted by Crippen LogP contribution is -2.33. The number of benzene rings is 1. The highest BCUT2D eigenvalue weighted by Crippen LogP contribution is 2.21. The van der Waals surface area contributed by atoms with Crippen LogP contribution in [0.25, 0.3) is 5.69 Å². The van der Waals surface area contributed by atoms with Gasteiger partial charge in [-0.25, -0.2) is 9.18 Å². The summed E-state index contributed by atoms with van der Waals surface area (Å²) in [5, 5.41) is 3.88. The number of hydrogen-bond acceptors (Lipinski definition) is 5. The molecular formula is C20H17FN2O4S. The molecule has 3 rings (SSSR count). The second kappa shape index (κ2) is 8.18. The first-order valence-electron chi connectivity index (χ1n) is 8.36. The highest BCUT2D eigenvalue weighted by molar-refractivity contribution is 7.12. The summed E-state index contributed by atoms with van der Waals surface area (Å²) in [5.41, 5.74) is 2.35. The molecule has 144 valence electrons. The van der Waals surface area contributed by atoms with Crippen molar-refractivity contribution in [3.05, 3.63) is 75.5 Å². The van der Waals surface area contributed by atoms with Crippen LogP contribution in [0.3, 0.4) is 0 Å². The van der Waals surface area contributed by atoms with Crippen molar-refractivity contribution >= 4 is 29.1 Å². The molecule has 0 fully saturated rings. The van der Waals surface area contributed by atoms with Crippen molar-refractivity contribution in [1.29, 1.82) is 0 Å². The van der Waals surface area contributed by atoms with E-state index in [-0.39, 0.29) is 5.82 Å². The third-order valence-electron chi connectivity index (χ3n) is 4.07. The topological polar surface area (TPSA) is 77.4 Å². The Morgan fingerprint density at radius 3 is 2.50 bits per heavy atom. The van der Waals surface area contributed by atoms with Crippen molar-refractivity contribution in [3.63, 3.8) is 0 Å². The van der Waals surface area contributed by atoms with Crippen LogP contribution >= 0.6 is 11.3 Å². The number of esters is 1. The van der Waals surface area contributed by atoms with E-state index in [0.29, 0.717) is 21.8 Å². The average Bonchev–Trinajstić information content (AvgIpc) is 3.29. The Morgan fingerprint density at radius 1 is 1.14 bits per heavy atom. The number of amides is 2. The van der Waals surface area contributed by atoms with Crippen LogP contribution in [0, 0.1) is 19.7 Å². The van der Waals surface area contributed by atoms with Crippen molar-refractivity contribution in [3.8, 4) is 5.69 Å². The van der Waals surface area contributed by atoms with Gasteiger partial charge in [0.1, 0.15) is 5.82 Å². The maximum atomic E-state index is 13.1. The maximum absolute atomic E-state index is 13.1. The van der Waals surface area contributed by atoms with E-state index in [1.807, 2.05) is 0 Å². The van der Waals surface area contributed by atoms with Gasteiger partial charge in [-0.1, -0.05) is 6.07 Å². The van der Waals surface area contributed by atoms with Gasteiger partial charge in [-0.3, -0.25) is 14.9 Å². The third kappa shape index (κ3) is 4.17. The van der Waals surface area contributed by atoms with E-state index in [0.717, 1.165) is 5.69 Å². The molecule has 6 nitrogen and oxygen atoms in total. The number of nitrogens with zero attached hydrogens (tertiary/aromatic N) is 1. The standard InChI is InChI=1S/C20H17FN2O4S/c1-12-10-16(13(2)23(12)15-7-5-14(21)6-8-15)20(26)27-11-18(24)22-19(25)17-4-3-9-28-17/h3-10H,11H2,1-2H3,(H,22,24,25). The lowest BCUT2D eigenvalue weighted by atomic mass is 10.2. The van der Waals surface area contributed by atoms with E-state index < -0.39 is 24.4 Å². The first-order valence-corrected chi connectivity index (χ1v) is 9.24. The van der Waals surface area contributed by atoms with Crippen LogP contribution in [0.4, 0.5) is 4.39 Å². The smallest absolute Gasteiger partial charge is 0.340 e. The van der Waals surface area contributed by atoms with E-state index in [1.165, 1.54) is 23.5 Å². The predicted molar refractivity (Wildman–Crippen MR) is 102 cm³/mol. The number of ether oxygens (including phenoxy) is 1. The van der Waals surface area contributed by atoms with Crippen LogP contribution in [-0.2, 0) is 9.53 Å². The molecule has 3 aromatic rings. The average molecular weight is 400 g/mol. The molecule has 28 heavy (non-hydrogen) atoms. The number of rotatable bonds is 5. The number of carbonyl (C=O) groups is 3. The quantitative estimate of drug-likeness (QED) is 0.666. The van der Waals surface area contributed by atoms with Gasteiger partial charge < -0.3 is 9.30 Å². The molecule has 2 amide bonds. The van der Waals surface area contributed by atoms with Crippen molar-refractivity contribution in [1.82, 2.24) is 9.88 Å². The van der Waals surface area contributed by atoms with Gasteiger partial charge in [0.2, 0.25) is 0 Å². The van der Waals surface area contributed by atoms with Crippen LogP contribution in [0.1, 0.15) is 31.4 Å². The van der Waals surface area contributed by atoms with Crippen LogP contribution in [-0.4, -0.2) is 29.0 Å². The molecule has 0 aliphatic rings. The minimum absolute atomic E-state index is 0.291. The fraction of sp³-hybridized carbons (Fsp3) is 0.150. The zero-order valence-corrected chi connectivity index (χ0v) is 16.0. The first-order chi connectivity index (χ1) is 13.4. The van der Waals surface area contributed by atoms with Crippen LogP contribution < -0.4 is 5.32 Å². The SMILES string of the molecule is Cc1cc(C(=O)OCC(=O)NC(=O)c2cccs2)c(C)n1-c1ccc(F)cc1. The van der Waals surface area contributed by atoms with Gasteiger partial charge in [-0.05, 0) is 55.6 Å². The van der Waals surface area contributed by atoms with Gasteiger partial charge in [0, 0.05) is 17.1 Å². The molecule has 0 atom stereocenters. The lowest BCUT2D eigenvalue weighted by molar-refractivity contribution is -0.123. The minimum atomic E-state index is -0.709. The summed E-state index contributed by atoms with van der Waals surface area (Å²) < 4.78 is 20.0. The summed E-state index contributed by atoms with van der Waals surface area (Å²) in [6.45, 7) is 2.96. The predicted octanol–water partition coefficient (Wildman–Crippen LogP) is 3.41. The van der Waals surface area contributed by atoms with Gasteiger partial charge >= 0.3 is 5.97 Å². The summed E-state index contributed by atoms with van der Waals surface area (Å²) >= 11 is 1.20. The molecule has 2 aromatic heterocycles. The van der Waals surface area contributed by atoms with E-state index in [2.05, 4.69) is 5.32 Å². The van der Waals surface area contributed by atoms with Gasteiger partial charge in [-0.15, -0.1) is 11.3 Å². The number of nitrogens with one attached hydrogen (secondary N) is 1. The number of aryl methyl sites for hydroxylation is 1. The lowest BCUT2D eigenvalue weighted by Gasteiger charge is -2.10. The van der Waals surface area contributed by atoms with Crippen molar-refractivity contribution in [2.45, 2.75) is 13.8 Å². The van der Waals surface area contributed by atoms with Gasteiger partial charge in [0.15, 0.2) is 6.61 Å². The molecule has 0 aliphatic carbocycles. The Balaban J connectivity index is 1.66. The number of thiophene rings is 1. The zero-order valence-electron chi connectivity index (χ0n) is 15.2. The number of aromatic nitrogens is 1. The van der Waals surface area contributed by atoms with Gasteiger partial charge in [0.05, 0.1) is 10.4 Å². The summed E-state index contributed by atoms with van der Waals surface area (Å²) in [6.07, 6.45) is 0. The van der Waals surface area contributed by atoms with Gasteiger partial charge in [-0.2, -0.15) is 0 Å². The first kappa shape index (κ1) is 19.5. The summed E-state index contributed by atoms with van der Waals surface area (Å²) in [5.74, 6) is -2.28. The minimum Gasteiger partial charge on any atom is -0.452 e. The molecule has 1 N–H and O–H groups in total. The molecule has 8 heteroatoms. The molecule has 0 aliphatic heterocycles. The Kier molecular flexibility index (Phi) is 5.70. The molecule has 2 heterocycles. The van der Waals surface area contributed by atoms with Crippen molar-refractivity contribution in [2.24, 2.45) is 0 Å². The monoisotopic (exact) mass is 400 g/mol. The van der Waals surface area contributed by atoms with Crippen LogP contribution in [0.2, 0.25) is 0 Å². The Bertz CT molecular complexity index is 1020. The van der Waals surface area contributed by atoms with E-state index >= 15 is 0 Å². The maximum Gasteiger partial charge on any atom is 0.340 e. The molecule has 0 spiro atoms. The fourth-order valence-electron chi connectivity index (χ4n) is 2.80. The largest absolute Gasteiger partial charge is 0.452 e.